The second kappa shape index (κ2) is 6.14. The molecule has 0 aliphatic carbocycles. The van der Waals surface area contributed by atoms with Gasteiger partial charge in [-0.25, -0.2) is 0 Å². The number of carboxylic acids is 1. The molecule has 0 aromatic rings. The van der Waals surface area contributed by atoms with Crippen molar-refractivity contribution in [1.29, 1.82) is 0 Å². The molecule has 0 bridgehead atoms. The topological polar surface area (TPSA) is 54.4 Å². The normalized spacial score (nSPS) is 6.29. The maximum atomic E-state index is 9.37. The van der Waals surface area contributed by atoms with E-state index in [-0.39, 0.29) is 36.0 Å². The average Bonchev–Trinajstić information content (AvgIpc) is 1.35. The Hall–Kier alpha value is 0.140. The Morgan fingerprint density at radius 2 is 2.14 bits per heavy atom. The molecule has 7 heavy (non-hydrogen) atoms. The summed E-state index contributed by atoms with van der Waals surface area (Å²) in [6.07, 6.45) is -0.0394. The van der Waals surface area contributed by atoms with E-state index in [1.165, 1.54) is 0 Å². The van der Waals surface area contributed by atoms with E-state index in [9.17, 15) is 9.59 Å². The zero-order chi connectivity index (χ0) is 4.99. The minimum absolute atomic E-state index is 0. The number of aliphatic carboxylic acids is 1. The molecule has 0 fully saturated rings. The Morgan fingerprint density at radius 3 is 2.14 bits per heavy atom. The monoisotopic (exact) mass is 112 g/mol. The molecular formula is C3H5NaO3. The van der Waals surface area contributed by atoms with Crippen LogP contribution in [0, 0.1) is 0 Å². The Labute approximate surface area is 63.0 Å². The first-order chi connectivity index (χ1) is 2.77. The molecule has 0 spiro atoms. The molecule has 0 aliphatic heterocycles. The summed E-state index contributed by atoms with van der Waals surface area (Å²) in [6, 6.07) is 0. The van der Waals surface area contributed by atoms with Gasteiger partial charge in [0.25, 0.3) is 0 Å². The number of hydrogen-bond donors (Lipinski definition) is 1. The molecule has 0 saturated carbocycles. The van der Waals surface area contributed by atoms with Gasteiger partial charge in [-0.15, -0.1) is 0 Å². The zero-order valence-corrected chi connectivity index (χ0v) is 3.05. The average molecular weight is 112 g/mol. The number of carbonyl (C=O) groups excluding carboxylic acids is 1. The molecule has 0 rings (SSSR count). The molecule has 0 aromatic carbocycles. The number of hydrogen-bond acceptors (Lipinski definition) is 2. The van der Waals surface area contributed by atoms with Crippen molar-refractivity contribution < 1.29 is 14.7 Å². The van der Waals surface area contributed by atoms with Gasteiger partial charge < -0.3 is 9.90 Å². The van der Waals surface area contributed by atoms with Gasteiger partial charge in [-0.3, -0.25) is 4.79 Å². The van der Waals surface area contributed by atoms with Crippen molar-refractivity contribution in [3.05, 3.63) is 0 Å². The van der Waals surface area contributed by atoms with Crippen LogP contribution in [-0.4, -0.2) is 46.9 Å². The van der Waals surface area contributed by atoms with Crippen LogP contribution < -0.4 is 0 Å². The quantitative estimate of drug-likeness (QED) is 0.283. The summed E-state index contributed by atoms with van der Waals surface area (Å²) in [5.74, 6) is -1.08. The van der Waals surface area contributed by atoms with Gasteiger partial charge >= 0.3 is 35.5 Å². The van der Waals surface area contributed by atoms with Crippen LogP contribution in [0.15, 0.2) is 0 Å². The van der Waals surface area contributed by atoms with Gasteiger partial charge in [0, 0.05) is 0 Å². The summed E-state index contributed by atoms with van der Waals surface area (Å²) in [4.78, 5) is 18.6. The first-order valence-corrected chi connectivity index (χ1v) is 1.43. The Bertz CT molecular complexity index is 70.6. The van der Waals surface area contributed by atoms with Crippen molar-refractivity contribution in [1.82, 2.24) is 0 Å². The van der Waals surface area contributed by atoms with Crippen molar-refractivity contribution >= 4 is 41.8 Å². The van der Waals surface area contributed by atoms with E-state index in [2.05, 4.69) is 0 Å². The molecule has 0 amide bonds. The summed E-state index contributed by atoms with van der Waals surface area (Å²) in [5.41, 5.74) is 0. The fraction of sp³-hybridized carbons (Fsp3) is 0.333. The number of aldehydes is 1. The Kier molecular flexibility index (Phi) is 8.94. The molecule has 4 heteroatoms. The molecule has 0 atom stereocenters. The molecule has 0 aliphatic rings. The molecule has 0 saturated heterocycles. The van der Waals surface area contributed by atoms with E-state index in [1.54, 1.807) is 0 Å². The van der Waals surface area contributed by atoms with Gasteiger partial charge in [0.2, 0.25) is 0 Å². The van der Waals surface area contributed by atoms with E-state index in [0.717, 1.165) is 0 Å². The van der Waals surface area contributed by atoms with Crippen LogP contribution in [0.25, 0.3) is 0 Å². The van der Waals surface area contributed by atoms with Gasteiger partial charge in [0.05, 0.1) is 0 Å². The third-order valence-corrected chi connectivity index (χ3v) is 0.258. The third kappa shape index (κ3) is 10.7. The summed E-state index contributed by atoms with van der Waals surface area (Å²) >= 11 is 0. The second-order valence-electron chi connectivity index (χ2n) is 0.765. The summed E-state index contributed by atoms with van der Waals surface area (Å²) < 4.78 is 0. The summed E-state index contributed by atoms with van der Waals surface area (Å²) in [7, 11) is 0. The summed E-state index contributed by atoms with van der Waals surface area (Å²) in [6.45, 7) is 0. The van der Waals surface area contributed by atoms with Crippen molar-refractivity contribution in [2.45, 2.75) is 6.42 Å². The Morgan fingerprint density at radius 1 is 1.71 bits per heavy atom. The van der Waals surface area contributed by atoms with Crippen LogP contribution in [0.1, 0.15) is 6.42 Å². The first-order valence-electron chi connectivity index (χ1n) is 1.43. The number of carboxylic acid groups (broad SMARTS) is 1. The van der Waals surface area contributed by atoms with Gasteiger partial charge in [0.1, 0.15) is 12.7 Å². The SMILES string of the molecule is O=CCC(=O)O.[NaH]. The molecule has 36 valence electrons. The number of carbonyl (C=O) groups is 2. The fourth-order valence-corrected chi connectivity index (χ4v) is 0.0713. The molecule has 0 aromatic heterocycles. The van der Waals surface area contributed by atoms with Crippen LogP contribution in [0.2, 0.25) is 0 Å². The molecule has 3 nitrogen and oxygen atoms in total. The van der Waals surface area contributed by atoms with Crippen molar-refractivity contribution in [3.8, 4) is 0 Å². The van der Waals surface area contributed by atoms with Crippen molar-refractivity contribution in [2.75, 3.05) is 0 Å². The standard InChI is InChI=1S/C3H4O3.Na.H/c4-2-1-3(5)6;;/h2H,1H2,(H,5,6);;. The maximum absolute atomic E-state index is 9.37. The molecule has 0 heterocycles. The van der Waals surface area contributed by atoms with Crippen LogP contribution in [-0.2, 0) is 9.59 Å². The van der Waals surface area contributed by atoms with E-state index in [4.69, 9.17) is 5.11 Å². The van der Waals surface area contributed by atoms with Crippen LogP contribution in [0.4, 0.5) is 0 Å². The van der Waals surface area contributed by atoms with E-state index in [0.29, 0.717) is 6.29 Å². The Balaban J connectivity index is 0. The van der Waals surface area contributed by atoms with Gasteiger partial charge in [-0.2, -0.15) is 0 Å². The molecule has 1 N–H and O–H groups in total. The van der Waals surface area contributed by atoms with Gasteiger partial charge in [0.15, 0.2) is 0 Å². The minimum atomic E-state index is -1.08. The summed E-state index contributed by atoms with van der Waals surface area (Å²) in [5, 5.41) is 7.68. The van der Waals surface area contributed by atoms with E-state index in [1.807, 2.05) is 0 Å². The van der Waals surface area contributed by atoms with Crippen LogP contribution in [0.5, 0.6) is 0 Å². The zero-order valence-electron chi connectivity index (χ0n) is 3.05. The van der Waals surface area contributed by atoms with E-state index < -0.39 is 5.97 Å². The van der Waals surface area contributed by atoms with E-state index >= 15 is 0 Å². The van der Waals surface area contributed by atoms with Gasteiger partial charge in [-0.1, -0.05) is 0 Å². The first kappa shape index (κ1) is 10.2. The fourth-order valence-electron chi connectivity index (χ4n) is 0.0713. The van der Waals surface area contributed by atoms with Crippen molar-refractivity contribution in [2.24, 2.45) is 0 Å². The van der Waals surface area contributed by atoms with Gasteiger partial charge in [-0.05, 0) is 0 Å². The van der Waals surface area contributed by atoms with Crippen LogP contribution >= 0.6 is 0 Å². The molecular weight excluding hydrogens is 107 g/mol. The second-order valence-corrected chi connectivity index (χ2v) is 0.765. The predicted molar refractivity (Wildman–Crippen MR) is 25.5 cm³/mol. The van der Waals surface area contributed by atoms with Crippen LogP contribution in [0.3, 0.4) is 0 Å². The van der Waals surface area contributed by atoms with Crippen molar-refractivity contribution in [3.63, 3.8) is 0 Å². The molecule has 0 unspecified atom stereocenters. The number of rotatable bonds is 2. The molecule has 0 radical (unpaired) electrons. The third-order valence-electron chi connectivity index (χ3n) is 0.258. The predicted octanol–water partition coefficient (Wildman–Crippen LogP) is -0.989.